The standard InChI is InChI=1S/C15H32S2/c1-5-7-9-10-12-14-16-17-15(3,4)13-11-8-6-2/h5-14H2,1-4H3. The highest BCUT2D eigenvalue weighted by molar-refractivity contribution is 8.77. The van der Waals surface area contributed by atoms with Gasteiger partial charge in [0.2, 0.25) is 0 Å². The van der Waals surface area contributed by atoms with Gasteiger partial charge in [0, 0.05) is 10.5 Å². The van der Waals surface area contributed by atoms with Crippen LogP contribution in [0.1, 0.15) is 85.5 Å². The lowest BCUT2D eigenvalue weighted by molar-refractivity contribution is 0.575. The van der Waals surface area contributed by atoms with Gasteiger partial charge < -0.3 is 0 Å². The maximum absolute atomic E-state index is 2.40. The molecule has 0 saturated heterocycles. The third-order valence-corrected chi connectivity index (χ3v) is 6.43. The molecule has 0 atom stereocenters. The van der Waals surface area contributed by atoms with Gasteiger partial charge >= 0.3 is 0 Å². The average Bonchev–Trinajstić information content (AvgIpc) is 2.28. The monoisotopic (exact) mass is 276 g/mol. The smallest absolute Gasteiger partial charge is 0.0207 e. The predicted octanol–water partition coefficient (Wildman–Crippen LogP) is 6.70. The molecule has 0 aliphatic heterocycles. The van der Waals surface area contributed by atoms with Crippen molar-refractivity contribution in [3.63, 3.8) is 0 Å². The van der Waals surface area contributed by atoms with E-state index in [2.05, 4.69) is 49.3 Å². The fraction of sp³-hybridized carbons (Fsp3) is 1.00. The minimum absolute atomic E-state index is 0.475. The van der Waals surface area contributed by atoms with Crippen molar-refractivity contribution in [2.24, 2.45) is 0 Å². The third-order valence-electron chi connectivity index (χ3n) is 3.00. The van der Waals surface area contributed by atoms with Gasteiger partial charge in [0.1, 0.15) is 0 Å². The largest absolute Gasteiger partial charge is 0.0936 e. The van der Waals surface area contributed by atoms with Crippen molar-refractivity contribution in [3.8, 4) is 0 Å². The Kier molecular flexibility index (Phi) is 12.3. The Balaban J connectivity index is 3.32. The molecular weight excluding hydrogens is 244 g/mol. The van der Waals surface area contributed by atoms with Crippen molar-refractivity contribution < 1.29 is 0 Å². The lowest BCUT2D eigenvalue weighted by Gasteiger charge is -2.23. The van der Waals surface area contributed by atoms with E-state index in [1.807, 2.05) is 0 Å². The van der Waals surface area contributed by atoms with Crippen LogP contribution in [0.5, 0.6) is 0 Å². The third kappa shape index (κ3) is 12.9. The highest BCUT2D eigenvalue weighted by atomic mass is 33.1. The minimum atomic E-state index is 0.475. The van der Waals surface area contributed by atoms with Crippen LogP contribution in [0.15, 0.2) is 0 Å². The highest BCUT2D eigenvalue weighted by Gasteiger charge is 2.17. The predicted molar refractivity (Wildman–Crippen MR) is 87.0 cm³/mol. The first kappa shape index (κ1) is 17.7. The molecule has 104 valence electrons. The molecule has 0 bridgehead atoms. The van der Waals surface area contributed by atoms with Gasteiger partial charge in [-0.1, -0.05) is 80.4 Å². The van der Waals surface area contributed by atoms with Crippen LogP contribution in [0.3, 0.4) is 0 Å². The van der Waals surface area contributed by atoms with Crippen LogP contribution in [0.2, 0.25) is 0 Å². The molecule has 0 saturated carbocycles. The Morgan fingerprint density at radius 3 is 2.00 bits per heavy atom. The van der Waals surface area contributed by atoms with Crippen molar-refractivity contribution in [3.05, 3.63) is 0 Å². The Morgan fingerprint density at radius 1 is 0.765 bits per heavy atom. The lowest BCUT2D eigenvalue weighted by Crippen LogP contribution is -2.12. The molecule has 0 nitrogen and oxygen atoms in total. The summed E-state index contributed by atoms with van der Waals surface area (Å²) in [5, 5.41) is 0. The molecule has 0 aromatic heterocycles. The maximum Gasteiger partial charge on any atom is 0.0207 e. The summed E-state index contributed by atoms with van der Waals surface area (Å²) in [4.78, 5) is 0. The fourth-order valence-electron chi connectivity index (χ4n) is 1.81. The minimum Gasteiger partial charge on any atom is -0.0936 e. The van der Waals surface area contributed by atoms with E-state index in [0.29, 0.717) is 4.75 Å². The van der Waals surface area contributed by atoms with Crippen molar-refractivity contribution in [1.29, 1.82) is 0 Å². The SMILES string of the molecule is CCCCCCCSSC(C)(C)CCCCC. The Hall–Kier alpha value is 0.700. The summed E-state index contributed by atoms with van der Waals surface area (Å²) in [7, 11) is 4.20. The van der Waals surface area contributed by atoms with Crippen LogP contribution in [-0.2, 0) is 0 Å². The first-order chi connectivity index (χ1) is 8.12. The summed E-state index contributed by atoms with van der Waals surface area (Å²) in [6.07, 6.45) is 12.5. The molecule has 0 fully saturated rings. The summed E-state index contributed by atoms with van der Waals surface area (Å²) in [5.41, 5.74) is 0. The molecule has 17 heavy (non-hydrogen) atoms. The summed E-state index contributed by atoms with van der Waals surface area (Å²) in [6.45, 7) is 9.36. The van der Waals surface area contributed by atoms with Crippen molar-refractivity contribution >= 4 is 21.6 Å². The molecule has 0 heterocycles. The average molecular weight is 277 g/mol. The Morgan fingerprint density at radius 2 is 1.35 bits per heavy atom. The molecule has 0 aromatic rings. The second-order valence-electron chi connectivity index (χ2n) is 5.54. The van der Waals surface area contributed by atoms with Gasteiger partial charge in [0.25, 0.3) is 0 Å². The number of hydrogen-bond donors (Lipinski definition) is 0. The molecule has 0 aliphatic carbocycles. The van der Waals surface area contributed by atoms with Gasteiger partial charge in [0.05, 0.1) is 0 Å². The summed E-state index contributed by atoms with van der Waals surface area (Å²) >= 11 is 0. The Bertz CT molecular complexity index is 155. The first-order valence-corrected chi connectivity index (χ1v) is 9.75. The molecule has 0 aliphatic rings. The zero-order valence-electron chi connectivity index (χ0n) is 12.4. The molecular formula is C15H32S2. The van der Waals surface area contributed by atoms with Crippen molar-refractivity contribution in [2.75, 3.05) is 5.75 Å². The summed E-state index contributed by atoms with van der Waals surface area (Å²) in [5.74, 6) is 1.34. The first-order valence-electron chi connectivity index (χ1n) is 7.43. The quantitative estimate of drug-likeness (QED) is 0.287. The van der Waals surface area contributed by atoms with Crippen LogP contribution >= 0.6 is 21.6 Å². The van der Waals surface area contributed by atoms with E-state index in [0.717, 1.165) is 0 Å². The van der Waals surface area contributed by atoms with E-state index < -0.39 is 0 Å². The van der Waals surface area contributed by atoms with Crippen LogP contribution in [0, 0.1) is 0 Å². The van der Waals surface area contributed by atoms with Gasteiger partial charge in [-0.3, -0.25) is 0 Å². The van der Waals surface area contributed by atoms with Gasteiger partial charge in [-0.05, 0) is 26.7 Å². The van der Waals surface area contributed by atoms with Crippen LogP contribution in [-0.4, -0.2) is 10.5 Å². The van der Waals surface area contributed by atoms with E-state index in [4.69, 9.17) is 0 Å². The normalized spacial score (nSPS) is 12.0. The summed E-state index contributed by atoms with van der Waals surface area (Å²) in [6, 6.07) is 0. The van der Waals surface area contributed by atoms with Gasteiger partial charge in [0.15, 0.2) is 0 Å². The van der Waals surface area contributed by atoms with E-state index in [1.165, 1.54) is 63.5 Å². The number of rotatable bonds is 12. The second-order valence-corrected chi connectivity index (χ2v) is 8.66. The van der Waals surface area contributed by atoms with E-state index >= 15 is 0 Å². The zero-order chi connectivity index (χ0) is 13.0. The zero-order valence-corrected chi connectivity index (χ0v) is 14.0. The van der Waals surface area contributed by atoms with E-state index in [1.54, 1.807) is 0 Å². The van der Waals surface area contributed by atoms with Crippen LogP contribution in [0.4, 0.5) is 0 Å². The Labute approximate surface area is 117 Å². The molecule has 0 rings (SSSR count). The van der Waals surface area contributed by atoms with Gasteiger partial charge in [-0.25, -0.2) is 0 Å². The fourth-order valence-corrected chi connectivity index (χ4v) is 4.57. The van der Waals surface area contributed by atoms with Crippen molar-refractivity contribution in [2.45, 2.75) is 90.2 Å². The molecule has 0 aromatic carbocycles. The van der Waals surface area contributed by atoms with Gasteiger partial charge in [-0.15, -0.1) is 0 Å². The highest BCUT2D eigenvalue weighted by Crippen LogP contribution is 2.39. The molecule has 0 unspecified atom stereocenters. The molecule has 0 amide bonds. The van der Waals surface area contributed by atoms with E-state index in [-0.39, 0.29) is 0 Å². The van der Waals surface area contributed by atoms with Crippen LogP contribution < -0.4 is 0 Å². The molecule has 0 radical (unpaired) electrons. The maximum atomic E-state index is 2.40. The summed E-state index contributed by atoms with van der Waals surface area (Å²) < 4.78 is 0.475. The van der Waals surface area contributed by atoms with Crippen molar-refractivity contribution in [1.82, 2.24) is 0 Å². The molecule has 0 spiro atoms. The second kappa shape index (κ2) is 11.8. The molecule has 0 N–H and O–H groups in total. The molecule has 2 heteroatoms. The topological polar surface area (TPSA) is 0 Å². The number of unbranched alkanes of at least 4 members (excludes halogenated alkanes) is 6. The van der Waals surface area contributed by atoms with Crippen LogP contribution in [0.25, 0.3) is 0 Å². The number of hydrogen-bond acceptors (Lipinski definition) is 2. The van der Waals surface area contributed by atoms with E-state index in [9.17, 15) is 0 Å². The lowest BCUT2D eigenvalue weighted by atomic mass is 10.0. The van der Waals surface area contributed by atoms with Gasteiger partial charge in [-0.2, -0.15) is 0 Å².